The number of hydrogen-bond donors (Lipinski definition) is 5. The van der Waals surface area contributed by atoms with Gasteiger partial charge in [-0.2, -0.15) is 5.48 Å². The Morgan fingerprint density at radius 2 is 1.00 bits per heavy atom. The number of rotatable bonds is 13. The Morgan fingerprint density at radius 3 is 1.46 bits per heavy atom. The molecule has 5 rings (SSSR count). The maximum Gasteiger partial charge on any atom is 0.337 e. The quantitative estimate of drug-likeness (QED) is 0.0650. The Morgan fingerprint density at radius 1 is 0.558 bits per heavy atom. The van der Waals surface area contributed by atoms with Crippen LogP contribution < -0.4 is 20.3 Å². The molecule has 1 unspecified atom stereocenters. The van der Waals surface area contributed by atoms with E-state index in [1.807, 2.05) is 0 Å². The Balaban J connectivity index is 1.22. The van der Waals surface area contributed by atoms with Crippen LogP contribution in [0, 0.1) is 0 Å². The number of carbonyl (C=O) groups is 5. The smallest absolute Gasteiger partial charge is 0.337 e. The number of anilines is 1. The highest BCUT2D eigenvalue weighted by Gasteiger charge is 2.23. The molecule has 0 heterocycles. The fourth-order valence-corrected chi connectivity index (χ4v) is 5.11. The topological polar surface area (TPSA) is 207 Å². The maximum atomic E-state index is 12.9. The summed E-state index contributed by atoms with van der Waals surface area (Å²) in [6.07, 6.45) is 0. The second-order valence-electron chi connectivity index (χ2n) is 10.9. The third-order valence-electron chi connectivity index (χ3n) is 7.68. The molecule has 0 saturated heterocycles. The first-order chi connectivity index (χ1) is 25.0. The van der Waals surface area contributed by atoms with Crippen LogP contribution in [-0.2, 0) is 9.47 Å². The molecule has 0 radical (unpaired) electrons. The average Bonchev–Trinajstić information content (AvgIpc) is 3.16. The highest BCUT2D eigenvalue weighted by molar-refractivity contribution is 6.12. The number of hydrogen-bond acceptors (Lipinski definition) is 11. The van der Waals surface area contributed by atoms with E-state index in [9.17, 15) is 39.4 Å². The normalized spacial score (nSPS) is 11.1. The number of amides is 1. The number of ether oxygens (including phenoxy) is 4. The first kappa shape index (κ1) is 36.3. The van der Waals surface area contributed by atoms with Gasteiger partial charge in [-0.25, -0.2) is 19.2 Å². The van der Waals surface area contributed by atoms with E-state index in [1.165, 1.54) is 38.5 Å². The number of hydroxylamine groups is 1. The summed E-state index contributed by atoms with van der Waals surface area (Å²) in [5.41, 5.74) is 2.66. The molecule has 14 heteroatoms. The number of methoxy groups -OCH3 is 2. The minimum atomic E-state index is -1.33. The van der Waals surface area contributed by atoms with Crippen LogP contribution in [0.1, 0.15) is 69.0 Å². The average molecular weight is 707 g/mol. The van der Waals surface area contributed by atoms with E-state index < -0.39 is 35.8 Å². The summed E-state index contributed by atoms with van der Waals surface area (Å²) in [6.45, 7) is 0. The molecule has 0 bridgehead atoms. The largest absolute Gasteiger partial charge is 0.478 e. The van der Waals surface area contributed by atoms with Crippen LogP contribution in [0.4, 0.5) is 5.69 Å². The minimum Gasteiger partial charge on any atom is -0.478 e. The van der Waals surface area contributed by atoms with Gasteiger partial charge in [-0.15, -0.1) is 0 Å². The molecular weight excluding hydrogens is 676 g/mol. The summed E-state index contributed by atoms with van der Waals surface area (Å²) in [7, 11) is 2.38. The molecule has 264 valence electrons. The number of nitrogens with one attached hydrogen (secondary N) is 2. The van der Waals surface area contributed by atoms with E-state index in [0.717, 1.165) is 12.1 Å². The zero-order valence-electron chi connectivity index (χ0n) is 27.5. The van der Waals surface area contributed by atoms with Crippen LogP contribution >= 0.6 is 0 Å². The molecule has 5 aromatic rings. The SMILES string of the molecule is COC(=O)c1ccc(C(=O)O)c(C(=O)Nc2ccc(Oc3ccc(Oc4ccc(C(NO)c5cc(C(=O)OC)ccc5C(=O)O)cc4)cc3)cc2)c1. The molecule has 52 heavy (non-hydrogen) atoms. The molecule has 0 aliphatic carbocycles. The second-order valence-corrected chi connectivity index (χ2v) is 10.9. The third-order valence-corrected chi connectivity index (χ3v) is 7.68. The molecule has 0 aliphatic heterocycles. The molecule has 0 spiro atoms. The fraction of sp³-hybridized carbons (Fsp3) is 0.0789. The molecule has 5 aromatic carbocycles. The van der Waals surface area contributed by atoms with Crippen molar-refractivity contribution in [1.82, 2.24) is 5.48 Å². The predicted octanol–water partition coefficient (Wildman–Crippen LogP) is 6.56. The zero-order chi connectivity index (χ0) is 37.4. The van der Waals surface area contributed by atoms with E-state index in [1.54, 1.807) is 72.8 Å². The molecule has 1 atom stereocenters. The van der Waals surface area contributed by atoms with Crippen LogP contribution in [0.5, 0.6) is 23.0 Å². The van der Waals surface area contributed by atoms with Crippen molar-refractivity contribution in [2.45, 2.75) is 6.04 Å². The van der Waals surface area contributed by atoms with E-state index in [4.69, 9.17) is 14.2 Å². The highest BCUT2D eigenvalue weighted by Crippen LogP contribution is 2.31. The van der Waals surface area contributed by atoms with Gasteiger partial charge in [-0.1, -0.05) is 12.1 Å². The number of carboxylic acids is 2. The lowest BCUT2D eigenvalue weighted by molar-refractivity contribution is 0.0591. The van der Waals surface area contributed by atoms with E-state index in [0.29, 0.717) is 34.2 Å². The lowest BCUT2D eigenvalue weighted by atomic mass is 9.93. The molecule has 14 nitrogen and oxygen atoms in total. The summed E-state index contributed by atoms with van der Waals surface area (Å²) >= 11 is 0. The Hall–Kier alpha value is -7.03. The second kappa shape index (κ2) is 16.1. The van der Waals surface area contributed by atoms with Crippen molar-refractivity contribution in [2.75, 3.05) is 19.5 Å². The Labute approximate surface area is 295 Å². The van der Waals surface area contributed by atoms with E-state index >= 15 is 0 Å². The van der Waals surface area contributed by atoms with Gasteiger partial charge in [-0.3, -0.25) is 4.79 Å². The van der Waals surface area contributed by atoms with Crippen LogP contribution in [0.15, 0.2) is 109 Å². The van der Waals surface area contributed by atoms with Crippen molar-refractivity contribution in [2.24, 2.45) is 0 Å². The maximum absolute atomic E-state index is 12.9. The van der Waals surface area contributed by atoms with Crippen molar-refractivity contribution in [1.29, 1.82) is 0 Å². The van der Waals surface area contributed by atoms with Crippen LogP contribution in [0.25, 0.3) is 0 Å². The summed E-state index contributed by atoms with van der Waals surface area (Å²) in [5, 5.41) is 31.8. The Bertz CT molecular complexity index is 2130. The van der Waals surface area contributed by atoms with Crippen molar-refractivity contribution in [3.05, 3.63) is 148 Å². The highest BCUT2D eigenvalue weighted by atomic mass is 16.5. The van der Waals surface area contributed by atoms with Gasteiger partial charge in [0.25, 0.3) is 5.91 Å². The predicted molar refractivity (Wildman–Crippen MR) is 184 cm³/mol. The van der Waals surface area contributed by atoms with Gasteiger partial charge in [0.2, 0.25) is 0 Å². The molecule has 1 amide bonds. The molecule has 0 aromatic heterocycles. The van der Waals surface area contributed by atoms with Crippen molar-refractivity contribution in [3.63, 3.8) is 0 Å². The van der Waals surface area contributed by atoms with Gasteiger partial charge in [0.1, 0.15) is 23.0 Å². The number of benzene rings is 5. The fourth-order valence-electron chi connectivity index (χ4n) is 5.11. The zero-order valence-corrected chi connectivity index (χ0v) is 27.5. The summed E-state index contributed by atoms with van der Waals surface area (Å²) in [5.74, 6) is -2.83. The van der Waals surface area contributed by atoms with Gasteiger partial charge >= 0.3 is 23.9 Å². The number of esters is 2. The monoisotopic (exact) mass is 706 g/mol. The van der Waals surface area contributed by atoms with E-state index in [2.05, 4.69) is 15.5 Å². The lowest BCUT2D eigenvalue weighted by Gasteiger charge is -2.19. The Kier molecular flexibility index (Phi) is 11.2. The first-order valence-electron chi connectivity index (χ1n) is 15.3. The first-order valence-corrected chi connectivity index (χ1v) is 15.3. The van der Waals surface area contributed by atoms with Crippen molar-refractivity contribution < 1.29 is 58.3 Å². The molecule has 0 aliphatic rings. The van der Waals surface area contributed by atoms with Crippen LogP contribution in [0.2, 0.25) is 0 Å². The number of carboxylic acid groups (broad SMARTS) is 2. The van der Waals surface area contributed by atoms with Gasteiger partial charge < -0.3 is 39.7 Å². The standard InChI is InChI=1S/C38H30N2O12/c1-49-37(46)22-5-17-29(35(42)43)31(19-22)33(40-48)21-3-9-25(10-4-21)51-27-13-15-28(16-14-27)52-26-11-7-24(8-12-26)39-34(41)32-20-23(38(47)50-2)6-18-30(32)36(44)45/h3-20,33,40,48H,1-2H3,(H,39,41)(H,42,43)(H,44,45). The molecule has 5 N–H and O–H groups in total. The van der Waals surface area contributed by atoms with Gasteiger partial charge in [0, 0.05) is 5.69 Å². The van der Waals surface area contributed by atoms with Gasteiger partial charge in [0.05, 0.1) is 48.1 Å². The summed E-state index contributed by atoms with van der Waals surface area (Å²) in [6, 6.07) is 26.1. The summed E-state index contributed by atoms with van der Waals surface area (Å²) < 4.78 is 21.2. The molecule has 0 fully saturated rings. The van der Waals surface area contributed by atoms with Gasteiger partial charge in [0.15, 0.2) is 0 Å². The number of carbonyl (C=O) groups excluding carboxylic acids is 3. The lowest BCUT2D eigenvalue weighted by Crippen LogP contribution is -2.22. The number of aromatic carboxylic acids is 2. The van der Waals surface area contributed by atoms with E-state index in [-0.39, 0.29) is 33.4 Å². The van der Waals surface area contributed by atoms with Crippen LogP contribution in [-0.4, -0.2) is 59.4 Å². The van der Waals surface area contributed by atoms with Crippen molar-refractivity contribution in [3.8, 4) is 23.0 Å². The van der Waals surface area contributed by atoms with Gasteiger partial charge in [-0.05, 0) is 108 Å². The van der Waals surface area contributed by atoms with Crippen molar-refractivity contribution >= 4 is 35.5 Å². The van der Waals surface area contributed by atoms with Crippen LogP contribution in [0.3, 0.4) is 0 Å². The molecular formula is C38H30N2O12. The third kappa shape index (κ3) is 8.39. The minimum absolute atomic E-state index is 0.0266. The summed E-state index contributed by atoms with van der Waals surface area (Å²) in [4.78, 5) is 60.4. The molecule has 0 saturated carbocycles.